The summed E-state index contributed by atoms with van der Waals surface area (Å²) in [4.78, 5) is 12.1. The van der Waals surface area contributed by atoms with Crippen LogP contribution < -0.4 is 5.32 Å². The summed E-state index contributed by atoms with van der Waals surface area (Å²) < 4.78 is 17.6. The molecular weight excluding hydrogens is 426 g/mol. The van der Waals surface area contributed by atoms with Gasteiger partial charge in [-0.15, -0.1) is 0 Å². The highest BCUT2D eigenvalue weighted by Crippen LogP contribution is 2.19. The lowest BCUT2D eigenvalue weighted by atomic mass is 9.95. The van der Waals surface area contributed by atoms with Crippen molar-refractivity contribution in [2.75, 3.05) is 26.4 Å². The van der Waals surface area contributed by atoms with Gasteiger partial charge in [-0.3, -0.25) is 4.79 Å². The molecule has 0 aliphatic carbocycles. The van der Waals surface area contributed by atoms with Crippen molar-refractivity contribution in [1.29, 1.82) is 0 Å². The molecule has 3 atom stereocenters. The Kier molecular flexibility index (Phi) is 21.0. The summed E-state index contributed by atoms with van der Waals surface area (Å²) in [5.74, 6) is 0.825. The summed E-state index contributed by atoms with van der Waals surface area (Å²) in [7, 11) is 0. The number of nitrogens with one attached hydrogen (secondary N) is 1. The quantitative estimate of drug-likeness (QED) is 0.152. The van der Waals surface area contributed by atoms with Crippen LogP contribution >= 0.6 is 0 Å². The summed E-state index contributed by atoms with van der Waals surface area (Å²) in [6.07, 6.45) is 22.0. The largest absolute Gasteiger partial charge is 0.379 e. The lowest BCUT2D eigenvalue weighted by molar-refractivity contribution is -0.168. The Morgan fingerprint density at radius 3 is 2.21 bits per heavy atom. The van der Waals surface area contributed by atoms with Crippen LogP contribution in [0.5, 0.6) is 0 Å². The molecule has 5 nitrogen and oxygen atoms in total. The molecule has 1 rings (SSSR count). The first kappa shape index (κ1) is 31.4. The molecule has 0 aromatic rings. The van der Waals surface area contributed by atoms with E-state index < -0.39 is 0 Å². The number of ether oxygens (including phenoxy) is 3. The second kappa shape index (κ2) is 22.8. The van der Waals surface area contributed by atoms with Gasteiger partial charge in [0.25, 0.3) is 0 Å². The number of unbranched alkanes of at least 4 members (excludes halogenated alkanes) is 9. The molecule has 202 valence electrons. The molecule has 0 aromatic heterocycles. The third-order valence-corrected chi connectivity index (χ3v) is 7.00. The Morgan fingerprint density at radius 1 is 0.882 bits per heavy atom. The number of rotatable bonds is 23. The average molecular weight is 484 g/mol. The number of hydrogen-bond acceptors (Lipinski definition) is 4. The molecule has 3 unspecified atom stereocenters. The number of amides is 1. The number of hydrogen-bond donors (Lipinski definition) is 1. The van der Waals surface area contributed by atoms with E-state index in [1.54, 1.807) is 0 Å². The third-order valence-electron chi connectivity index (χ3n) is 7.00. The number of carbonyl (C=O) groups is 1. The van der Waals surface area contributed by atoms with Crippen LogP contribution in [0, 0.1) is 5.92 Å². The Hall–Kier alpha value is -0.650. The lowest BCUT2D eigenvalue weighted by Gasteiger charge is -2.26. The lowest BCUT2D eigenvalue weighted by Crippen LogP contribution is -2.43. The average Bonchev–Trinajstić information content (AvgIpc) is 2.85. The van der Waals surface area contributed by atoms with Gasteiger partial charge in [0.05, 0.1) is 19.3 Å². The van der Waals surface area contributed by atoms with Gasteiger partial charge in [-0.05, 0) is 38.0 Å². The van der Waals surface area contributed by atoms with Gasteiger partial charge >= 0.3 is 0 Å². The van der Waals surface area contributed by atoms with Crippen LogP contribution in [0.25, 0.3) is 0 Å². The van der Waals surface area contributed by atoms with Gasteiger partial charge in [0.1, 0.15) is 0 Å². The van der Waals surface area contributed by atoms with E-state index in [1.165, 1.54) is 77.0 Å². The molecule has 1 aliphatic rings. The maximum Gasteiger partial charge on any atom is 0.220 e. The van der Waals surface area contributed by atoms with Gasteiger partial charge < -0.3 is 19.5 Å². The third kappa shape index (κ3) is 17.7. The van der Waals surface area contributed by atoms with E-state index in [0.29, 0.717) is 19.6 Å². The van der Waals surface area contributed by atoms with E-state index in [-0.39, 0.29) is 18.2 Å². The molecule has 34 heavy (non-hydrogen) atoms. The predicted octanol–water partition coefficient (Wildman–Crippen LogP) is 7.56. The Balaban J connectivity index is 2.14. The van der Waals surface area contributed by atoms with Crippen LogP contribution in [0.2, 0.25) is 0 Å². The van der Waals surface area contributed by atoms with Crippen LogP contribution in [0.3, 0.4) is 0 Å². The van der Waals surface area contributed by atoms with Crippen LogP contribution in [0.4, 0.5) is 0 Å². The molecule has 0 saturated carbocycles. The van der Waals surface area contributed by atoms with E-state index in [4.69, 9.17) is 14.2 Å². The molecule has 5 heteroatoms. The van der Waals surface area contributed by atoms with Crippen molar-refractivity contribution in [3.05, 3.63) is 0 Å². The fourth-order valence-corrected chi connectivity index (χ4v) is 4.67. The van der Waals surface area contributed by atoms with Gasteiger partial charge in [-0.25, -0.2) is 0 Å². The summed E-state index contributed by atoms with van der Waals surface area (Å²) in [5, 5.41) is 3.09. The van der Waals surface area contributed by atoms with Gasteiger partial charge in [0.15, 0.2) is 6.29 Å². The van der Waals surface area contributed by atoms with Crippen molar-refractivity contribution in [3.8, 4) is 0 Å². The Labute approximate surface area is 211 Å². The molecule has 1 aliphatic heterocycles. The zero-order chi connectivity index (χ0) is 24.7. The van der Waals surface area contributed by atoms with Gasteiger partial charge in [-0.2, -0.15) is 0 Å². The van der Waals surface area contributed by atoms with E-state index in [9.17, 15) is 4.79 Å². The molecule has 0 spiro atoms. The van der Waals surface area contributed by atoms with Crippen molar-refractivity contribution < 1.29 is 19.0 Å². The van der Waals surface area contributed by atoms with Crippen molar-refractivity contribution in [2.24, 2.45) is 5.92 Å². The van der Waals surface area contributed by atoms with Crippen LogP contribution in [-0.4, -0.2) is 44.7 Å². The van der Waals surface area contributed by atoms with Crippen LogP contribution in [0.15, 0.2) is 0 Å². The second-order valence-corrected chi connectivity index (χ2v) is 10.3. The molecule has 0 bridgehead atoms. The van der Waals surface area contributed by atoms with Crippen molar-refractivity contribution in [2.45, 2.75) is 149 Å². The van der Waals surface area contributed by atoms with Gasteiger partial charge in [0, 0.05) is 19.6 Å². The molecule has 0 aromatic carbocycles. The minimum atomic E-state index is -0.134. The second-order valence-electron chi connectivity index (χ2n) is 10.3. The van der Waals surface area contributed by atoms with Crippen molar-refractivity contribution in [3.63, 3.8) is 0 Å². The Morgan fingerprint density at radius 2 is 1.59 bits per heavy atom. The van der Waals surface area contributed by atoms with E-state index >= 15 is 0 Å². The minimum Gasteiger partial charge on any atom is -0.379 e. The van der Waals surface area contributed by atoms with Gasteiger partial charge in [-0.1, -0.05) is 97.8 Å². The van der Waals surface area contributed by atoms with E-state index in [1.807, 2.05) is 6.92 Å². The highest BCUT2D eigenvalue weighted by atomic mass is 16.7. The predicted molar refractivity (Wildman–Crippen MR) is 142 cm³/mol. The zero-order valence-electron chi connectivity index (χ0n) is 22.9. The maximum absolute atomic E-state index is 12.1. The van der Waals surface area contributed by atoms with Crippen molar-refractivity contribution >= 4 is 5.91 Å². The van der Waals surface area contributed by atoms with E-state index in [0.717, 1.165) is 51.2 Å². The first-order valence-corrected chi connectivity index (χ1v) is 14.8. The molecule has 1 saturated heterocycles. The minimum absolute atomic E-state index is 0.0802. The van der Waals surface area contributed by atoms with Gasteiger partial charge in [0.2, 0.25) is 5.91 Å². The first-order chi connectivity index (χ1) is 16.7. The SMILES string of the molecule is CCCCCCCCCCCCC(CC)CCOCC(COC1CCCCO1)NC(=O)CCC. The fraction of sp³-hybridized carbons (Fsp3) is 0.966. The fourth-order valence-electron chi connectivity index (χ4n) is 4.67. The maximum atomic E-state index is 12.1. The van der Waals surface area contributed by atoms with E-state index in [2.05, 4.69) is 19.2 Å². The first-order valence-electron chi connectivity index (χ1n) is 14.8. The summed E-state index contributed by atoms with van der Waals surface area (Å²) in [6.45, 7) is 9.10. The molecule has 1 fully saturated rings. The Bertz CT molecular complexity index is 453. The summed E-state index contributed by atoms with van der Waals surface area (Å²) >= 11 is 0. The zero-order valence-corrected chi connectivity index (χ0v) is 22.9. The van der Waals surface area contributed by atoms with Crippen LogP contribution in [0.1, 0.15) is 136 Å². The standard InChI is InChI=1S/C29H57NO4/c1-4-7-8-9-10-11-12-13-14-15-19-26(6-3)21-23-32-24-27(30-28(31)18-5-2)25-34-29-20-16-17-22-33-29/h26-27,29H,4-25H2,1-3H3,(H,30,31). The number of carbonyl (C=O) groups excluding carboxylic acids is 1. The molecule has 1 heterocycles. The summed E-state index contributed by atoms with van der Waals surface area (Å²) in [5.41, 5.74) is 0. The smallest absolute Gasteiger partial charge is 0.220 e. The monoisotopic (exact) mass is 483 g/mol. The highest BCUT2D eigenvalue weighted by molar-refractivity contribution is 5.76. The molecular formula is C29H57NO4. The summed E-state index contributed by atoms with van der Waals surface area (Å²) in [6, 6.07) is -0.105. The normalized spacial score (nSPS) is 18.0. The van der Waals surface area contributed by atoms with Crippen molar-refractivity contribution in [1.82, 2.24) is 5.32 Å². The highest BCUT2D eigenvalue weighted by Gasteiger charge is 2.19. The molecule has 0 radical (unpaired) electrons. The van der Waals surface area contributed by atoms with Crippen LogP contribution in [-0.2, 0) is 19.0 Å². The molecule has 1 amide bonds. The molecule has 1 N–H and O–H groups in total. The topological polar surface area (TPSA) is 56.8 Å².